The van der Waals surface area contributed by atoms with Gasteiger partial charge in [0.1, 0.15) is 0 Å². The van der Waals surface area contributed by atoms with Crippen molar-refractivity contribution in [3.8, 4) is 0 Å². The summed E-state index contributed by atoms with van der Waals surface area (Å²) in [6, 6.07) is 0.747. The van der Waals surface area contributed by atoms with Gasteiger partial charge in [-0.2, -0.15) is 0 Å². The molecule has 0 bridgehead atoms. The van der Waals surface area contributed by atoms with E-state index in [9.17, 15) is 0 Å². The number of hydrogen-bond donors (Lipinski definition) is 1. The first-order valence-corrected chi connectivity index (χ1v) is 6.22. The van der Waals surface area contributed by atoms with Crippen LogP contribution in [0, 0.1) is 5.92 Å². The third-order valence-electron chi connectivity index (χ3n) is 3.68. The number of rotatable bonds is 5. The van der Waals surface area contributed by atoms with E-state index in [1.165, 1.54) is 45.2 Å². The smallest absolute Gasteiger partial charge is 0.00674 e. The Morgan fingerprint density at radius 2 is 2.00 bits per heavy atom. The molecule has 2 heteroatoms. The largest absolute Gasteiger partial charge is 0.330 e. The van der Waals surface area contributed by atoms with Crippen LogP contribution in [0.25, 0.3) is 0 Å². The first-order valence-electron chi connectivity index (χ1n) is 6.22. The molecule has 1 atom stereocenters. The predicted octanol–water partition coefficient (Wildman–Crippen LogP) is 2.24. The molecular weight excluding hydrogens is 172 g/mol. The lowest BCUT2D eigenvalue weighted by atomic mass is 9.93. The molecule has 2 N–H and O–H groups in total. The van der Waals surface area contributed by atoms with Gasteiger partial charge >= 0.3 is 0 Å². The van der Waals surface area contributed by atoms with Crippen LogP contribution in [-0.4, -0.2) is 30.6 Å². The molecule has 0 aromatic rings. The lowest BCUT2D eigenvalue weighted by molar-refractivity contribution is 0.133. The van der Waals surface area contributed by atoms with Crippen molar-refractivity contribution in [2.45, 2.75) is 52.0 Å². The lowest BCUT2D eigenvalue weighted by Gasteiger charge is -2.35. The van der Waals surface area contributed by atoms with Gasteiger partial charge < -0.3 is 10.6 Å². The molecule has 0 aromatic carbocycles. The van der Waals surface area contributed by atoms with Gasteiger partial charge in [0.15, 0.2) is 0 Å². The highest BCUT2D eigenvalue weighted by molar-refractivity contribution is 4.75. The number of piperidine rings is 1. The molecule has 1 saturated heterocycles. The SMILES string of the molecule is CCC1CCN(C(C)CCCN)CC1. The van der Waals surface area contributed by atoms with Gasteiger partial charge in [-0.05, 0) is 58.2 Å². The van der Waals surface area contributed by atoms with Gasteiger partial charge in [-0.15, -0.1) is 0 Å². The Morgan fingerprint density at radius 3 is 2.50 bits per heavy atom. The first kappa shape index (κ1) is 12.0. The third kappa shape index (κ3) is 3.58. The zero-order valence-electron chi connectivity index (χ0n) is 9.84. The quantitative estimate of drug-likeness (QED) is 0.734. The van der Waals surface area contributed by atoms with E-state index in [1.54, 1.807) is 0 Å². The summed E-state index contributed by atoms with van der Waals surface area (Å²) in [6.07, 6.45) is 6.63. The fraction of sp³-hybridized carbons (Fsp3) is 1.00. The molecule has 84 valence electrons. The Morgan fingerprint density at radius 1 is 1.36 bits per heavy atom. The maximum absolute atomic E-state index is 5.53. The van der Waals surface area contributed by atoms with Crippen LogP contribution in [0.5, 0.6) is 0 Å². The fourth-order valence-corrected chi connectivity index (χ4v) is 2.40. The highest BCUT2D eigenvalue weighted by atomic mass is 15.2. The lowest BCUT2D eigenvalue weighted by Crippen LogP contribution is -2.40. The Labute approximate surface area is 88.8 Å². The molecule has 0 aromatic heterocycles. The fourth-order valence-electron chi connectivity index (χ4n) is 2.40. The summed E-state index contributed by atoms with van der Waals surface area (Å²) in [5.74, 6) is 0.993. The highest BCUT2D eigenvalue weighted by Gasteiger charge is 2.20. The topological polar surface area (TPSA) is 29.3 Å². The molecule has 2 nitrogen and oxygen atoms in total. The molecule has 1 unspecified atom stereocenters. The third-order valence-corrected chi connectivity index (χ3v) is 3.68. The molecule has 0 radical (unpaired) electrons. The molecular formula is C12H26N2. The maximum Gasteiger partial charge on any atom is 0.00674 e. The van der Waals surface area contributed by atoms with Crippen LogP contribution < -0.4 is 5.73 Å². The zero-order valence-corrected chi connectivity index (χ0v) is 9.84. The van der Waals surface area contributed by atoms with Crippen LogP contribution in [0.2, 0.25) is 0 Å². The van der Waals surface area contributed by atoms with Gasteiger partial charge in [0, 0.05) is 6.04 Å². The Kier molecular flexibility index (Phi) is 5.49. The van der Waals surface area contributed by atoms with E-state index in [0.29, 0.717) is 0 Å². The molecule has 0 aliphatic carbocycles. The summed E-state index contributed by atoms with van der Waals surface area (Å²) in [5.41, 5.74) is 5.53. The van der Waals surface area contributed by atoms with Crippen LogP contribution in [0.4, 0.5) is 0 Å². The van der Waals surface area contributed by atoms with Crippen LogP contribution in [0.3, 0.4) is 0 Å². The van der Waals surface area contributed by atoms with Crippen molar-refractivity contribution in [1.29, 1.82) is 0 Å². The van der Waals surface area contributed by atoms with Crippen LogP contribution in [0.1, 0.15) is 46.0 Å². The second-order valence-electron chi connectivity index (χ2n) is 4.67. The molecule has 1 heterocycles. The van der Waals surface area contributed by atoms with Crippen molar-refractivity contribution >= 4 is 0 Å². The standard InChI is InChI=1S/C12H26N2/c1-3-12-6-9-14(10-7-12)11(2)5-4-8-13/h11-12H,3-10,13H2,1-2H3. The first-order chi connectivity index (χ1) is 6.77. The number of hydrogen-bond acceptors (Lipinski definition) is 2. The van der Waals surface area contributed by atoms with Crippen molar-refractivity contribution in [2.75, 3.05) is 19.6 Å². The van der Waals surface area contributed by atoms with Gasteiger partial charge in [0.2, 0.25) is 0 Å². The Hall–Kier alpha value is -0.0800. The average Bonchev–Trinajstić information content (AvgIpc) is 2.26. The van der Waals surface area contributed by atoms with Crippen molar-refractivity contribution in [3.05, 3.63) is 0 Å². The van der Waals surface area contributed by atoms with Crippen LogP contribution in [-0.2, 0) is 0 Å². The minimum absolute atomic E-state index is 0.747. The Balaban J connectivity index is 2.19. The van der Waals surface area contributed by atoms with E-state index >= 15 is 0 Å². The second kappa shape index (κ2) is 6.41. The number of nitrogens with two attached hydrogens (primary N) is 1. The molecule has 0 saturated carbocycles. The normalized spacial score (nSPS) is 22.5. The highest BCUT2D eigenvalue weighted by Crippen LogP contribution is 2.22. The summed E-state index contributed by atoms with van der Waals surface area (Å²) < 4.78 is 0. The molecule has 1 aliphatic rings. The Bertz CT molecular complexity index is 139. The number of likely N-dealkylation sites (tertiary alicyclic amines) is 1. The molecule has 0 spiro atoms. The van der Waals surface area contributed by atoms with E-state index in [0.717, 1.165) is 18.5 Å². The molecule has 1 rings (SSSR count). The zero-order chi connectivity index (χ0) is 10.4. The average molecular weight is 198 g/mol. The maximum atomic E-state index is 5.53. The minimum atomic E-state index is 0.747. The van der Waals surface area contributed by atoms with Gasteiger partial charge in [-0.3, -0.25) is 0 Å². The minimum Gasteiger partial charge on any atom is -0.330 e. The summed E-state index contributed by atoms with van der Waals surface area (Å²) in [7, 11) is 0. The summed E-state index contributed by atoms with van der Waals surface area (Å²) >= 11 is 0. The van der Waals surface area contributed by atoms with E-state index in [4.69, 9.17) is 5.73 Å². The summed E-state index contributed by atoms with van der Waals surface area (Å²) in [4.78, 5) is 2.64. The molecule has 14 heavy (non-hydrogen) atoms. The van der Waals surface area contributed by atoms with Gasteiger partial charge in [0.05, 0.1) is 0 Å². The van der Waals surface area contributed by atoms with E-state index in [-0.39, 0.29) is 0 Å². The second-order valence-corrected chi connectivity index (χ2v) is 4.67. The molecule has 1 aliphatic heterocycles. The monoisotopic (exact) mass is 198 g/mol. The predicted molar refractivity (Wildman–Crippen MR) is 62.3 cm³/mol. The molecule has 1 fully saturated rings. The van der Waals surface area contributed by atoms with Gasteiger partial charge in [-0.1, -0.05) is 13.3 Å². The van der Waals surface area contributed by atoms with E-state index in [2.05, 4.69) is 18.7 Å². The van der Waals surface area contributed by atoms with Crippen molar-refractivity contribution in [1.82, 2.24) is 4.90 Å². The van der Waals surface area contributed by atoms with Crippen LogP contribution in [0.15, 0.2) is 0 Å². The molecule has 0 amide bonds. The van der Waals surface area contributed by atoms with Gasteiger partial charge in [-0.25, -0.2) is 0 Å². The van der Waals surface area contributed by atoms with E-state index < -0.39 is 0 Å². The van der Waals surface area contributed by atoms with Crippen molar-refractivity contribution in [2.24, 2.45) is 11.7 Å². The van der Waals surface area contributed by atoms with E-state index in [1.807, 2.05) is 0 Å². The van der Waals surface area contributed by atoms with Gasteiger partial charge in [0.25, 0.3) is 0 Å². The summed E-state index contributed by atoms with van der Waals surface area (Å²) in [6.45, 7) is 8.13. The van der Waals surface area contributed by atoms with Crippen molar-refractivity contribution < 1.29 is 0 Å². The summed E-state index contributed by atoms with van der Waals surface area (Å²) in [5, 5.41) is 0. The van der Waals surface area contributed by atoms with Crippen molar-refractivity contribution in [3.63, 3.8) is 0 Å². The van der Waals surface area contributed by atoms with Crippen LogP contribution >= 0.6 is 0 Å². The number of nitrogens with zero attached hydrogens (tertiary/aromatic N) is 1.